The summed E-state index contributed by atoms with van der Waals surface area (Å²) in [6, 6.07) is 22.3. The smallest absolute Gasteiger partial charge is 0.268 e. The molecular formula is C24H18ClNO2S. The van der Waals surface area contributed by atoms with Gasteiger partial charge < -0.3 is 0 Å². The highest BCUT2D eigenvalue weighted by Crippen LogP contribution is 2.42. The van der Waals surface area contributed by atoms with E-state index in [-0.39, 0.29) is 11.8 Å². The van der Waals surface area contributed by atoms with Gasteiger partial charge in [-0.1, -0.05) is 71.4 Å². The molecule has 144 valence electrons. The van der Waals surface area contributed by atoms with E-state index in [9.17, 15) is 9.59 Å². The number of anilines is 1. The molecule has 1 aliphatic rings. The summed E-state index contributed by atoms with van der Waals surface area (Å²) in [5, 5.41) is 0.623. The zero-order chi connectivity index (χ0) is 20.5. The maximum atomic E-state index is 13.4. The van der Waals surface area contributed by atoms with E-state index < -0.39 is 0 Å². The lowest BCUT2D eigenvalue weighted by Crippen LogP contribution is -2.31. The summed E-state index contributed by atoms with van der Waals surface area (Å²) in [6.07, 6.45) is 0. The van der Waals surface area contributed by atoms with Crippen LogP contribution >= 0.6 is 23.4 Å². The molecule has 0 saturated carbocycles. The van der Waals surface area contributed by atoms with Crippen molar-refractivity contribution in [3.05, 3.63) is 99.4 Å². The van der Waals surface area contributed by atoms with Crippen molar-refractivity contribution in [3.63, 3.8) is 0 Å². The van der Waals surface area contributed by atoms with Crippen LogP contribution < -0.4 is 4.90 Å². The first-order valence-corrected chi connectivity index (χ1v) is 10.3. The van der Waals surface area contributed by atoms with E-state index in [1.807, 2.05) is 68.4 Å². The fourth-order valence-electron chi connectivity index (χ4n) is 3.23. The number of thioether (sulfide) groups is 1. The molecule has 3 aromatic carbocycles. The number of rotatable bonds is 4. The number of amides is 2. The van der Waals surface area contributed by atoms with Crippen LogP contribution in [0.1, 0.15) is 16.7 Å². The van der Waals surface area contributed by atoms with Crippen LogP contribution in [-0.4, -0.2) is 11.8 Å². The molecule has 0 fully saturated rings. The second-order valence-corrected chi connectivity index (χ2v) is 8.38. The summed E-state index contributed by atoms with van der Waals surface area (Å²) in [6.45, 7) is 3.88. The summed E-state index contributed by atoms with van der Waals surface area (Å²) < 4.78 is 0. The second kappa shape index (κ2) is 7.90. The molecule has 2 amide bonds. The molecule has 0 N–H and O–H groups in total. The summed E-state index contributed by atoms with van der Waals surface area (Å²) in [7, 11) is 0. The van der Waals surface area contributed by atoms with Crippen LogP contribution in [0, 0.1) is 13.8 Å². The molecule has 29 heavy (non-hydrogen) atoms. The van der Waals surface area contributed by atoms with Crippen molar-refractivity contribution >= 4 is 46.4 Å². The van der Waals surface area contributed by atoms with Crippen LogP contribution in [0.15, 0.2) is 82.6 Å². The number of aryl methyl sites for hydroxylation is 2. The molecule has 1 heterocycles. The number of para-hydroxylation sites is 1. The van der Waals surface area contributed by atoms with E-state index in [1.165, 1.54) is 16.7 Å². The van der Waals surface area contributed by atoms with Gasteiger partial charge in [0.25, 0.3) is 11.8 Å². The molecule has 3 aromatic rings. The number of halogens is 1. The van der Waals surface area contributed by atoms with E-state index in [1.54, 1.807) is 18.2 Å². The van der Waals surface area contributed by atoms with E-state index in [0.717, 1.165) is 21.6 Å². The minimum atomic E-state index is -0.306. The minimum Gasteiger partial charge on any atom is -0.268 e. The van der Waals surface area contributed by atoms with E-state index >= 15 is 0 Å². The molecule has 0 bridgehead atoms. The molecule has 0 radical (unpaired) electrons. The largest absolute Gasteiger partial charge is 0.272 e. The van der Waals surface area contributed by atoms with Gasteiger partial charge in [-0.05, 0) is 55.3 Å². The Morgan fingerprint density at radius 2 is 1.45 bits per heavy atom. The van der Waals surface area contributed by atoms with Crippen LogP contribution in [0.4, 0.5) is 5.69 Å². The fraction of sp³-hybridized carbons (Fsp3) is 0.0833. The van der Waals surface area contributed by atoms with Gasteiger partial charge in [-0.3, -0.25) is 9.59 Å². The third-order valence-electron chi connectivity index (χ3n) is 4.77. The predicted molar refractivity (Wildman–Crippen MR) is 119 cm³/mol. The number of hydrogen-bond donors (Lipinski definition) is 0. The van der Waals surface area contributed by atoms with Gasteiger partial charge in [0.15, 0.2) is 0 Å². The lowest BCUT2D eigenvalue weighted by atomic mass is 10.0. The molecule has 0 aliphatic carbocycles. The first-order valence-electron chi connectivity index (χ1n) is 9.15. The second-order valence-electron chi connectivity index (χ2n) is 6.86. The molecule has 0 saturated heterocycles. The van der Waals surface area contributed by atoms with Crippen molar-refractivity contribution in [3.8, 4) is 0 Å². The predicted octanol–water partition coefficient (Wildman–Crippen LogP) is 6.03. The van der Waals surface area contributed by atoms with Gasteiger partial charge >= 0.3 is 0 Å². The van der Waals surface area contributed by atoms with E-state index in [0.29, 0.717) is 21.2 Å². The number of nitrogens with zero attached hydrogens (tertiary/aromatic N) is 1. The van der Waals surface area contributed by atoms with Crippen molar-refractivity contribution in [1.29, 1.82) is 0 Å². The third-order valence-corrected chi connectivity index (χ3v) is 6.11. The molecule has 0 spiro atoms. The standard InChI is InChI=1S/C24H18ClNO2S/c1-15-7-9-17(10-8-15)21-22(29-19-13-11-18(25)12-14-19)24(28)26(23(21)27)20-6-4-3-5-16(20)2/h3-14H,1-2H3. The van der Waals surface area contributed by atoms with Crippen molar-refractivity contribution in [2.75, 3.05) is 4.90 Å². The first kappa shape index (κ1) is 19.5. The van der Waals surface area contributed by atoms with Crippen molar-refractivity contribution in [2.24, 2.45) is 0 Å². The topological polar surface area (TPSA) is 37.4 Å². The van der Waals surface area contributed by atoms with Gasteiger partial charge in [0.05, 0.1) is 16.2 Å². The van der Waals surface area contributed by atoms with Crippen LogP contribution in [0.2, 0.25) is 5.02 Å². The Morgan fingerprint density at radius 1 is 0.793 bits per heavy atom. The van der Waals surface area contributed by atoms with Crippen molar-refractivity contribution in [2.45, 2.75) is 18.7 Å². The van der Waals surface area contributed by atoms with E-state index in [2.05, 4.69) is 0 Å². The van der Waals surface area contributed by atoms with Gasteiger partial charge in [-0.15, -0.1) is 0 Å². The van der Waals surface area contributed by atoms with Crippen LogP contribution in [0.25, 0.3) is 5.57 Å². The molecule has 3 nitrogen and oxygen atoms in total. The highest BCUT2D eigenvalue weighted by atomic mass is 35.5. The lowest BCUT2D eigenvalue weighted by Gasteiger charge is -2.17. The molecule has 0 unspecified atom stereocenters. The van der Waals surface area contributed by atoms with Gasteiger partial charge in [0, 0.05) is 9.92 Å². The monoisotopic (exact) mass is 419 g/mol. The summed E-state index contributed by atoms with van der Waals surface area (Å²) >= 11 is 7.28. The zero-order valence-corrected chi connectivity index (χ0v) is 17.6. The summed E-state index contributed by atoms with van der Waals surface area (Å²) in [4.78, 5) is 29.4. The summed E-state index contributed by atoms with van der Waals surface area (Å²) in [5.74, 6) is -0.607. The quantitative estimate of drug-likeness (QED) is 0.484. The van der Waals surface area contributed by atoms with E-state index in [4.69, 9.17) is 11.6 Å². The lowest BCUT2D eigenvalue weighted by molar-refractivity contribution is -0.119. The molecule has 5 heteroatoms. The summed E-state index contributed by atoms with van der Waals surface area (Å²) in [5.41, 5.74) is 3.74. The van der Waals surface area contributed by atoms with Crippen molar-refractivity contribution < 1.29 is 9.59 Å². The Balaban J connectivity index is 1.83. The Kier molecular flexibility index (Phi) is 5.31. The molecule has 0 aromatic heterocycles. The molecule has 0 atom stereocenters. The number of benzene rings is 3. The Hall–Kier alpha value is -2.82. The first-order chi connectivity index (χ1) is 14.0. The zero-order valence-electron chi connectivity index (χ0n) is 16.0. The van der Waals surface area contributed by atoms with Crippen LogP contribution in [0.5, 0.6) is 0 Å². The van der Waals surface area contributed by atoms with Gasteiger partial charge in [0.2, 0.25) is 0 Å². The number of carbonyl (C=O) groups excluding carboxylic acids is 2. The fourth-order valence-corrected chi connectivity index (χ4v) is 4.35. The number of imide groups is 1. The van der Waals surface area contributed by atoms with Crippen LogP contribution in [0.3, 0.4) is 0 Å². The highest BCUT2D eigenvalue weighted by molar-refractivity contribution is 8.04. The Morgan fingerprint density at radius 3 is 2.10 bits per heavy atom. The molecular weight excluding hydrogens is 402 g/mol. The highest BCUT2D eigenvalue weighted by Gasteiger charge is 2.40. The van der Waals surface area contributed by atoms with Crippen LogP contribution in [-0.2, 0) is 9.59 Å². The SMILES string of the molecule is Cc1ccc(C2=C(Sc3ccc(Cl)cc3)C(=O)N(c3ccccc3C)C2=O)cc1. The van der Waals surface area contributed by atoms with Gasteiger partial charge in [-0.2, -0.15) is 0 Å². The third kappa shape index (κ3) is 3.74. The molecule has 4 rings (SSSR count). The molecule has 1 aliphatic heterocycles. The number of hydrogen-bond acceptors (Lipinski definition) is 3. The average Bonchev–Trinajstić information content (AvgIpc) is 2.95. The normalized spacial score (nSPS) is 14.1. The average molecular weight is 420 g/mol. The maximum absolute atomic E-state index is 13.4. The van der Waals surface area contributed by atoms with Crippen molar-refractivity contribution in [1.82, 2.24) is 0 Å². The number of carbonyl (C=O) groups is 2. The Labute approximate surface area is 179 Å². The Bertz CT molecular complexity index is 1130. The minimum absolute atomic E-state index is 0.301. The maximum Gasteiger partial charge on any atom is 0.272 e. The van der Waals surface area contributed by atoms with Gasteiger partial charge in [-0.25, -0.2) is 4.90 Å². The van der Waals surface area contributed by atoms with Gasteiger partial charge in [0.1, 0.15) is 0 Å².